The van der Waals surface area contributed by atoms with Crippen LogP contribution in [0.5, 0.6) is 0 Å². The summed E-state index contributed by atoms with van der Waals surface area (Å²) in [4.78, 5) is 11.9. The molecule has 9 heteroatoms. The van der Waals surface area contributed by atoms with Gasteiger partial charge in [0, 0.05) is 6.20 Å². The molecule has 3 rings (SSSR count). The van der Waals surface area contributed by atoms with Crippen LogP contribution >= 0.6 is 0 Å². The Morgan fingerprint density at radius 3 is 2.60 bits per heavy atom. The zero-order valence-electron chi connectivity index (χ0n) is 12.7. The predicted octanol–water partition coefficient (Wildman–Crippen LogP) is 2.75. The summed E-state index contributed by atoms with van der Waals surface area (Å²) >= 11 is 0. The lowest BCUT2D eigenvalue weighted by molar-refractivity contribution is -0.137. The van der Waals surface area contributed by atoms with Crippen LogP contribution in [0, 0.1) is 5.82 Å². The number of nitrogens with one attached hydrogen (secondary N) is 1. The minimum Gasteiger partial charge on any atom is -0.348 e. The Labute approximate surface area is 139 Å². The Morgan fingerprint density at radius 2 is 1.88 bits per heavy atom. The summed E-state index contributed by atoms with van der Waals surface area (Å²) in [5, 5.41) is 10.0. The molecule has 0 fully saturated rings. The normalized spacial score (nSPS) is 11.7. The summed E-state index contributed by atoms with van der Waals surface area (Å²) < 4.78 is 53.0. The van der Waals surface area contributed by atoms with Crippen molar-refractivity contribution in [2.24, 2.45) is 0 Å². The standard InChI is InChI=1S/C16H12F4N4O/c17-12-4-2-1-3-10(12)7-15(25)21-8-14-23-22-13-6-5-11(9-24(13)14)16(18,19)20/h1-6,9H,7-8H2,(H,21,25). The van der Waals surface area contributed by atoms with Crippen molar-refractivity contribution in [3.8, 4) is 0 Å². The van der Waals surface area contributed by atoms with Gasteiger partial charge in [-0.15, -0.1) is 10.2 Å². The molecule has 0 unspecified atom stereocenters. The van der Waals surface area contributed by atoms with Gasteiger partial charge in [-0.2, -0.15) is 13.2 Å². The van der Waals surface area contributed by atoms with Gasteiger partial charge in [0.25, 0.3) is 0 Å². The van der Waals surface area contributed by atoms with Crippen LogP contribution in [-0.2, 0) is 23.9 Å². The number of halogens is 4. The molecular formula is C16H12F4N4O. The molecule has 25 heavy (non-hydrogen) atoms. The maximum Gasteiger partial charge on any atom is 0.417 e. The molecule has 0 bridgehead atoms. The lowest BCUT2D eigenvalue weighted by atomic mass is 10.1. The minimum atomic E-state index is -4.50. The number of amides is 1. The van der Waals surface area contributed by atoms with E-state index in [1.54, 1.807) is 6.07 Å². The van der Waals surface area contributed by atoms with Gasteiger partial charge in [-0.1, -0.05) is 18.2 Å². The van der Waals surface area contributed by atoms with Crippen LogP contribution in [0.4, 0.5) is 17.6 Å². The van der Waals surface area contributed by atoms with E-state index in [0.717, 1.165) is 16.7 Å². The number of benzene rings is 1. The van der Waals surface area contributed by atoms with Gasteiger partial charge < -0.3 is 5.32 Å². The average Bonchev–Trinajstić information content (AvgIpc) is 2.96. The van der Waals surface area contributed by atoms with Gasteiger partial charge in [-0.05, 0) is 23.8 Å². The first-order valence-electron chi connectivity index (χ1n) is 7.25. The third-order valence-corrected chi connectivity index (χ3v) is 3.55. The van der Waals surface area contributed by atoms with Gasteiger partial charge in [0.05, 0.1) is 18.5 Å². The summed E-state index contributed by atoms with van der Waals surface area (Å²) in [7, 11) is 0. The third-order valence-electron chi connectivity index (χ3n) is 3.55. The molecule has 2 aromatic heterocycles. The first kappa shape index (κ1) is 16.9. The van der Waals surface area contributed by atoms with Gasteiger partial charge in [-0.25, -0.2) is 4.39 Å². The molecule has 3 aromatic rings. The fourth-order valence-electron chi connectivity index (χ4n) is 2.28. The van der Waals surface area contributed by atoms with Gasteiger partial charge in [0.2, 0.25) is 5.91 Å². The molecule has 0 saturated carbocycles. The summed E-state index contributed by atoms with van der Waals surface area (Å²) in [6.07, 6.45) is -3.81. The zero-order chi connectivity index (χ0) is 18.0. The molecule has 1 N–H and O–H groups in total. The smallest absolute Gasteiger partial charge is 0.348 e. The summed E-state index contributed by atoms with van der Waals surface area (Å²) in [6, 6.07) is 7.95. The second-order valence-corrected chi connectivity index (χ2v) is 5.30. The maximum absolute atomic E-state index is 13.5. The van der Waals surface area contributed by atoms with E-state index < -0.39 is 23.5 Å². The third kappa shape index (κ3) is 3.76. The van der Waals surface area contributed by atoms with Gasteiger partial charge in [0.15, 0.2) is 11.5 Å². The van der Waals surface area contributed by atoms with Crippen molar-refractivity contribution in [2.75, 3.05) is 0 Å². The summed E-state index contributed by atoms with van der Waals surface area (Å²) in [5.74, 6) is -0.836. The first-order valence-corrected chi connectivity index (χ1v) is 7.25. The number of hydrogen-bond acceptors (Lipinski definition) is 3. The molecule has 1 aromatic carbocycles. The molecule has 0 spiro atoms. The number of carbonyl (C=O) groups is 1. The number of hydrogen-bond donors (Lipinski definition) is 1. The number of carbonyl (C=O) groups excluding carboxylic acids is 1. The second-order valence-electron chi connectivity index (χ2n) is 5.30. The maximum atomic E-state index is 13.5. The number of fused-ring (bicyclic) bond motifs is 1. The van der Waals surface area contributed by atoms with Crippen molar-refractivity contribution in [2.45, 2.75) is 19.1 Å². The quantitative estimate of drug-likeness (QED) is 0.735. The number of rotatable bonds is 4. The highest BCUT2D eigenvalue weighted by atomic mass is 19.4. The van der Waals surface area contributed by atoms with E-state index in [2.05, 4.69) is 15.5 Å². The Hall–Kier alpha value is -2.97. The van der Waals surface area contributed by atoms with Gasteiger partial charge in [-0.3, -0.25) is 9.20 Å². The molecule has 0 aliphatic rings. The fraction of sp³-hybridized carbons (Fsp3) is 0.188. The van der Waals surface area contributed by atoms with Gasteiger partial charge in [0.1, 0.15) is 5.82 Å². The van der Waals surface area contributed by atoms with Crippen molar-refractivity contribution < 1.29 is 22.4 Å². The van der Waals surface area contributed by atoms with E-state index in [9.17, 15) is 22.4 Å². The number of alkyl halides is 3. The molecule has 130 valence electrons. The fourth-order valence-corrected chi connectivity index (χ4v) is 2.28. The Kier molecular flexibility index (Phi) is 4.39. The first-order chi connectivity index (χ1) is 11.8. The van der Waals surface area contributed by atoms with Crippen molar-refractivity contribution in [3.63, 3.8) is 0 Å². The van der Waals surface area contributed by atoms with Crippen molar-refractivity contribution in [3.05, 3.63) is 65.4 Å². The van der Waals surface area contributed by atoms with Gasteiger partial charge >= 0.3 is 6.18 Å². The Balaban J connectivity index is 1.73. The van der Waals surface area contributed by atoms with E-state index in [1.165, 1.54) is 24.3 Å². The van der Waals surface area contributed by atoms with E-state index in [4.69, 9.17) is 0 Å². The molecular weight excluding hydrogens is 340 g/mol. The van der Waals surface area contributed by atoms with E-state index in [0.29, 0.717) is 0 Å². The van der Waals surface area contributed by atoms with E-state index in [-0.39, 0.29) is 30.0 Å². The van der Waals surface area contributed by atoms with Crippen LogP contribution < -0.4 is 5.32 Å². The lowest BCUT2D eigenvalue weighted by Gasteiger charge is -2.08. The Bertz CT molecular complexity index is 920. The highest BCUT2D eigenvalue weighted by Gasteiger charge is 2.31. The lowest BCUT2D eigenvalue weighted by Crippen LogP contribution is -2.26. The van der Waals surface area contributed by atoms with Crippen LogP contribution in [0.15, 0.2) is 42.6 Å². The molecule has 5 nitrogen and oxygen atoms in total. The molecule has 2 heterocycles. The van der Waals surface area contributed by atoms with Crippen LogP contribution in [-0.4, -0.2) is 20.5 Å². The largest absolute Gasteiger partial charge is 0.417 e. The van der Waals surface area contributed by atoms with Crippen LogP contribution in [0.25, 0.3) is 5.65 Å². The van der Waals surface area contributed by atoms with Crippen LogP contribution in [0.3, 0.4) is 0 Å². The molecule has 0 atom stereocenters. The summed E-state index contributed by atoms with van der Waals surface area (Å²) in [5.41, 5.74) is -0.393. The van der Waals surface area contributed by atoms with E-state index >= 15 is 0 Å². The van der Waals surface area contributed by atoms with E-state index in [1.807, 2.05) is 0 Å². The molecule has 0 radical (unpaired) electrons. The average molecular weight is 352 g/mol. The second kappa shape index (κ2) is 6.50. The SMILES string of the molecule is O=C(Cc1ccccc1F)NCc1nnc2ccc(C(F)(F)F)cn12. The molecule has 0 aliphatic heterocycles. The number of nitrogens with zero attached hydrogens (tertiary/aromatic N) is 3. The Morgan fingerprint density at radius 1 is 1.12 bits per heavy atom. The molecule has 0 aliphatic carbocycles. The van der Waals surface area contributed by atoms with Crippen molar-refractivity contribution in [1.29, 1.82) is 0 Å². The van der Waals surface area contributed by atoms with Crippen molar-refractivity contribution in [1.82, 2.24) is 19.9 Å². The van der Waals surface area contributed by atoms with Crippen LogP contribution in [0.1, 0.15) is 17.0 Å². The minimum absolute atomic E-state index is 0.129. The van der Waals surface area contributed by atoms with Crippen LogP contribution in [0.2, 0.25) is 0 Å². The highest BCUT2D eigenvalue weighted by molar-refractivity contribution is 5.78. The predicted molar refractivity (Wildman–Crippen MR) is 79.9 cm³/mol. The van der Waals surface area contributed by atoms with Crippen molar-refractivity contribution >= 4 is 11.6 Å². The highest BCUT2D eigenvalue weighted by Crippen LogP contribution is 2.29. The number of aromatic nitrogens is 3. The zero-order valence-corrected chi connectivity index (χ0v) is 12.7. The number of pyridine rings is 1. The molecule has 1 amide bonds. The summed E-state index contributed by atoms with van der Waals surface area (Å²) in [6.45, 7) is -0.129. The molecule has 0 saturated heterocycles. The topological polar surface area (TPSA) is 59.3 Å². The monoisotopic (exact) mass is 352 g/mol.